The lowest BCUT2D eigenvalue weighted by molar-refractivity contribution is 0.0914. The van der Waals surface area contributed by atoms with E-state index in [1.54, 1.807) is 24.3 Å². The van der Waals surface area contributed by atoms with E-state index in [9.17, 15) is 9.90 Å². The molecule has 0 heterocycles. The van der Waals surface area contributed by atoms with Crippen LogP contribution >= 0.6 is 11.6 Å². The van der Waals surface area contributed by atoms with Gasteiger partial charge in [0.05, 0.1) is 6.10 Å². The van der Waals surface area contributed by atoms with Gasteiger partial charge < -0.3 is 15.7 Å². The Hall–Kier alpha value is -1.88. The fraction of sp³-hybridized carbons (Fsp3) is 0.316. The van der Waals surface area contributed by atoms with Crippen molar-refractivity contribution < 1.29 is 9.90 Å². The predicted octanol–water partition coefficient (Wildman–Crippen LogP) is 2.19. The first-order valence-electron chi connectivity index (χ1n) is 8.14. The van der Waals surface area contributed by atoms with Crippen molar-refractivity contribution in [1.82, 2.24) is 10.6 Å². The molecule has 0 aliphatic heterocycles. The molecule has 0 fully saturated rings. The van der Waals surface area contributed by atoms with E-state index in [2.05, 4.69) is 34.9 Å². The maximum atomic E-state index is 12.0. The number of carbonyl (C=O) groups is 1. The number of rotatable bonds is 6. The molecule has 3 N–H and O–H groups in total. The van der Waals surface area contributed by atoms with Crippen molar-refractivity contribution in [3.8, 4) is 0 Å². The summed E-state index contributed by atoms with van der Waals surface area (Å²) in [4.78, 5) is 12.0. The van der Waals surface area contributed by atoms with E-state index in [1.165, 1.54) is 11.1 Å². The lowest BCUT2D eigenvalue weighted by atomic mass is 10.1. The molecule has 0 saturated carbocycles. The number of halogens is 1. The topological polar surface area (TPSA) is 61.4 Å². The molecule has 24 heavy (non-hydrogen) atoms. The fourth-order valence-electron chi connectivity index (χ4n) is 2.99. The van der Waals surface area contributed by atoms with E-state index in [0.717, 1.165) is 12.8 Å². The van der Waals surface area contributed by atoms with Crippen molar-refractivity contribution in [2.45, 2.75) is 25.0 Å². The van der Waals surface area contributed by atoms with Crippen LogP contribution in [0.4, 0.5) is 0 Å². The van der Waals surface area contributed by atoms with E-state index < -0.39 is 6.10 Å². The average molecular weight is 345 g/mol. The van der Waals surface area contributed by atoms with Gasteiger partial charge >= 0.3 is 0 Å². The minimum atomic E-state index is -0.620. The summed E-state index contributed by atoms with van der Waals surface area (Å²) in [6.07, 6.45) is 1.35. The molecule has 0 aromatic heterocycles. The molecule has 3 rings (SSSR count). The van der Waals surface area contributed by atoms with Gasteiger partial charge in [0.15, 0.2) is 0 Å². The second-order valence-corrected chi connectivity index (χ2v) is 6.59. The molecule has 126 valence electrons. The molecule has 2 aromatic rings. The Morgan fingerprint density at radius 2 is 1.71 bits per heavy atom. The number of aliphatic hydroxyl groups excluding tert-OH is 1. The fourth-order valence-corrected chi connectivity index (χ4v) is 3.12. The Kier molecular flexibility index (Phi) is 5.51. The molecule has 0 saturated heterocycles. The van der Waals surface area contributed by atoms with Gasteiger partial charge in [-0.1, -0.05) is 35.9 Å². The van der Waals surface area contributed by atoms with Gasteiger partial charge in [-0.3, -0.25) is 4.79 Å². The van der Waals surface area contributed by atoms with Crippen LogP contribution in [0.15, 0.2) is 48.5 Å². The van der Waals surface area contributed by atoms with Gasteiger partial charge in [-0.15, -0.1) is 0 Å². The summed E-state index contributed by atoms with van der Waals surface area (Å²) in [6, 6.07) is 15.4. The Balaban J connectivity index is 1.40. The van der Waals surface area contributed by atoms with E-state index >= 15 is 0 Å². The average Bonchev–Trinajstić information content (AvgIpc) is 3.01. The molecule has 0 radical (unpaired) electrons. The van der Waals surface area contributed by atoms with Crippen LogP contribution in [-0.4, -0.2) is 36.2 Å². The minimum absolute atomic E-state index is 0.209. The van der Waals surface area contributed by atoms with Gasteiger partial charge in [0, 0.05) is 29.7 Å². The molecule has 1 atom stereocenters. The zero-order valence-corrected chi connectivity index (χ0v) is 14.1. The van der Waals surface area contributed by atoms with Crippen LogP contribution in [0.5, 0.6) is 0 Å². The first-order chi connectivity index (χ1) is 11.6. The maximum absolute atomic E-state index is 12.0. The Morgan fingerprint density at radius 1 is 1.08 bits per heavy atom. The Morgan fingerprint density at radius 3 is 2.33 bits per heavy atom. The molecule has 5 heteroatoms. The second kappa shape index (κ2) is 7.79. The van der Waals surface area contributed by atoms with E-state index in [1.807, 2.05) is 0 Å². The first kappa shape index (κ1) is 17.0. The third-order valence-electron chi connectivity index (χ3n) is 4.30. The zero-order chi connectivity index (χ0) is 16.9. The van der Waals surface area contributed by atoms with Gasteiger partial charge in [0.1, 0.15) is 0 Å². The molecular weight excluding hydrogens is 324 g/mol. The van der Waals surface area contributed by atoms with Gasteiger partial charge in [0.25, 0.3) is 5.91 Å². The predicted molar refractivity (Wildman–Crippen MR) is 95.4 cm³/mol. The molecule has 2 aromatic carbocycles. The summed E-state index contributed by atoms with van der Waals surface area (Å²) in [5.74, 6) is -0.209. The molecule has 0 spiro atoms. The van der Waals surface area contributed by atoms with Gasteiger partial charge in [0.2, 0.25) is 0 Å². The lowest BCUT2D eigenvalue weighted by Crippen LogP contribution is -2.41. The van der Waals surface area contributed by atoms with Crippen molar-refractivity contribution in [3.05, 3.63) is 70.2 Å². The molecule has 1 amide bonds. The number of fused-ring (bicyclic) bond motifs is 1. The summed E-state index contributed by atoms with van der Waals surface area (Å²) in [5, 5.41) is 16.8. The monoisotopic (exact) mass is 344 g/mol. The SMILES string of the molecule is O=C(NCC(O)CNC1Cc2ccccc2C1)c1ccc(Cl)cc1. The van der Waals surface area contributed by atoms with Crippen molar-refractivity contribution in [2.75, 3.05) is 13.1 Å². The van der Waals surface area contributed by atoms with Gasteiger partial charge in [-0.05, 0) is 48.2 Å². The molecule has 1 unspecified atom stereocenters. The van der Waals surface area contributed by atoms with Crippen LogP contribution in [-0.2, 0) is 12.8 Å². The summed E-state index contributed by atoms with van der Waals surface area (Å²) >= 11 is 5.80. The van der Waals surface area contributed by atoms with Crippen molar-refractivity contribution >= 4 is 17.5 Å². The van der Waals surface area contributed by atoms with Crippen molar-refractivity contribution in [1.29, 1.82) is 0 Å². The van der Waals surface area contributed by atoms with Crippen LogP contribution in [0.25, 0.3) is 0 Å². The molecule has 0 bridgehead atoms. The molecule has 1 aliphatic rings. The summed E-state index contributed by atoms with van der Waals surface area (Å²) < 4.78 is 0. The number of carbonyl (C=O) groups excluding carboxylic acids is 1. The molecule has 1 aliphatic carbocycles. The highest BCUT2D eigenvalue weighted by molar-refractivity contribution is 6.30. The van der Waals surface area contributed by atoms with E-state index in [-0.39, 0.29) is 12.5 Å². The van der Waals surface area contributed by atoms with Gasteiger partial charge in [-0.25, -0.2) is 0 Å². The number of aliphatic hydroxyl groups is 1. The van der Waals surface area contributed by atoms with Crippen LogP contribution in [0.1, 0.15) is 21.5 Å². The highest BCUT2D eigenvalue weighted by atomic mass is 35.5. The Bertz CT molecular complexity index is 678. The van der Waals surface area contributed by atoms with Crippen molar-refractivity contribution in [3.63, 3.8) is 0 Å². The largest absolute Gasteiger partial charge is 0.390 e. The third kappa shape index (κ3) is 4.35. The third-order valence-corrected chi connectivity index (χ3v) is 4.55. The smallest absolute Gasteiger partial charge is 0.251 e. The molecular formula is C19H21ClN2O2. The molecule has 4 nitrogen and oxygen atoms in total. The quantitative estimate of drug-likeness (QED) is 0.752. The summed E-state index contributed by atoms with van der Waals surface area (Å²) in [5.41, 5.74) is 3.28. The van der Waals surface area contributed by atoms with E-state index in [4.69, 9.17) is 11.6 Å². The van der Waals surface area contributed by atoms with Crippen LogP contribution in [0.3, 0.4) is 0 Å². The summed E-state index contributed by atoms with van der Waals surface area (Å²) in [7, 11) is 0. The summed E-state index contributed by atoms with van der Waals surface area (Å²) in [6.45, 7) is 0.674. The Labute approximate surface area is 146 Å². The number of nitrogens with one attached hydrogen (secondary N) is 2. The zero-order valence-electron chi connectivity index (χ0n) is 13.3. The van der Waals surface area contributed by atoms with Crippen LogP contribution < -0.4 is 10.6 Å². The number of amides is 1. The second-order valence-electron chi connectivity index (χ2n) is 6.15. The highest BCUT2D eigenvalue weighted by Gasteiger charge is 2.21. The number of hydrogen-bond donors (Lipinski definition) is 3. The van der Waals surface area contributed by atoms with Crippen molar-refractivity contribution in [2.24, 2.45) is 0 Å². The highest BCUT2D eigenvalue weighted by Crippen LogP contribution is 2.21. The normalized spacial score (nSPS) is 15.1. The van der Waals surface area contributed by atoms with Gasteiger partial charge in [-0.2, -0.15) is 0 Å². The number of benzene rings is 2. The van der Waals surface area contributed by atoms with E-state index in [0.29, 0.717) is 23.2 Å². The lowest BCUT2D eigenvalue weighted by Gasteiger charge is -2.16. The minimum Gasteiger partial charge on any atom is -0.390 e. The van der Waals surface area contributed by atoms with Crippen LogP contribution in [0, 0.1) is 0 Å². The maximum Gasteiger partial charge on any atom is 0.251 e. The van der Waals surface area contributed by atoms with Crippen LogP contribution in [0.2, 0.25) is 5.02 Å². The number of hydrogen-bond acceptors (Lipinski definition) is 3. The first-order valence-corrected chi connectivity index (χ1v) is 8.51. The standard InChI is InChI=1S/C19H21ClN2O2/c20-16-7-5-13(6-8-16)19(24)22-12-18(23)11-21-17-9-14-3-1-2-4-15(14)10-17/h1-8,17-18,21,23H,9-12H2,(H,22,24).